The van der Waals surface area contributed by atoms with Crippen molar-refractivity contribution in [3.63, 3.8) is 0 Å². The smallest absolute Gasteiger partial charge is 0.216 e. The van der Waals surface area contributed by atoms with Crippen LogP contribution in [0.2, 0.25) is 5.02 Å². The summed E-state index contributed by atoms with van der Waals surface area (Å²) in [4.78, 5) is 8.16. The average molecular weight is 278 g/mol. The van der Waals surface area contributed by atoms with Gasteiger partial charge in [0.05, 0.1) is 7.11 Å². The first-order valence-electron chi connectivity index (χ1n) is 5.97. The summed E-state index contributed by atoms with van der Waals surface area (Å²) in [5.74, 6) is 0.535. The second kappa shape index (κ2) is 5.99. The van der Waals surface area contributed by atoms with E-state index in [-0.39, 0.29) is 6.04 Å². The fraction of sp³-hybridized carbons (Fsp3) is 0.286. The monoisotopic (exact) mass is 277 g/mol. The van der Waals surface area contributed by atoms with Gasteiger partial charge in [0.15, 0.2) is 0 Å². The van der Waals surface area contributed by atoms with Gasteiger partial charge >= 0.3 is 0 Å². The van der Waals surface area contributed by atoms with Gasteiger partial charge in [0, 0.05) is 29.2 Å². The molecule has 4 nitrogen and oxygen atoms in total. The minimum absolute atomic E-state index is 0.202. The quantitative estimate of drug-likeness (QED) is 0.933. The molecule has 1 unspecified atom stereocenters. The van der Waals surface area contributed by atoms with E-state index in [4.69, 9.17) is 22.1 Å². The van der Waals surface area contributed by atoms with Gasteiger partial charge in [-0.15, -0.1) is 0 Å². The summed E-state index contributed by atoms with van der Waals surface area (Å²) in [6.45, 7) is 1.96. The molecule has 0 spiro atoms. The van der Waals surface area contributed by atoms with E-state index in [1.54, 1.807) is 13.2 Å². The number of aryl methyl sites for hydroxylation is 1. The lowest BCUT2D eigenvalue weighted by Gasteiger charge is -2.14. The molecule has 19 heavy (non-hydrogen) atoms. The molecule has 0 fully saturated rings. The van der Waals surface area contributed by atoms with Crippen molar-refractivity contribution in [1.82, 2.24) is 9.97 Å². The van der Waals surface area contributed by atoms with Crippen molar-refractivity contribution in [2.75, 3.05) is 7.11 Å². The molecule has 2 rings (SSSR count). The number of aromatic nitrogens is 2. The third kappa shape index (κ3) is 3.22. The van der Waals surface area contributed by atoms with Crippen LogP contribution in [-0.2, 0) is 6.42 Å². The Morgan fingerprint density at radius 3 is 2.89 bits per heavy atom. The second-order valence-electron chi connectivity index (χ2n) is 4.34. The maximum absolute atomic E-state index is 6.28. The molecule has 1 aromatic carbocycles. The number of halogens is 1. The fourth-order valence-corrected chi connectivity index (χ4v) is 2.16. The van der Waals surface area contributed by atoms with E-state index in [1.165, 1.54) is 6.33 Å². The van der Waals surface area contributed by atoms with Gasteiger partial charge in [-0.25, -0.2) is 9.97 Å². The number of hydrogen-bond donors (Lipinski definition) is 1. The zero-order valence-corrected chi connectivity index (χ0v) is 11.7. The van der Waals surface area contributed by atoms with E-state index in [2.05, 4.69) is 9.97 Å². The molecular weight excluding hydrogens is 262 g/mol. The summed E-state index contributed by atoms with van der Waals surface area (Å²) in [6.07, 6.45) is 2.06. The van der Waals surface area contributed by atoms with E-state index in [9.17, 15) is 0 Å². The molecule has 1 aromatic heterocycles. The van der Waals surface area contributed by atoms with Crippen LogP contribution in [0.3, 0.4) is 0 Å². The minimum atomic E-state index is -0.202. The highest BCUT2D eigenvalue weighted by Gasteiger charge is 2.13. The van der Waals surface area contributed by atoms with Crippen LogP contribution in [0.1, 0.15) is 22.9 Å². The number of nitrogens with two attached hydrogens (primary N) is 1. The van der Waals surface area contributed by atoms with Gasteiger partial charge in [0.2, 0.25) is 5.88 Å². The predicted molar refractivity (Wildman–Crippen MR) is 75.4 cm³/mol. The molecular formula is C14H16ClN3O. The van der Waals surface area contributed by atoms with Gasteiger partial charge in [0.25, 0.3) is 0 Å². The summed E-state index contributed by atoms with van der Waals surface area (Å²) >= 11 is 6.28. The summed E-state index contributed by atoms with van der Waals surface area (Å²) in [5.41, 5.74) is 8.99. The molecule has 1 heterocycles. The van der Waals surface area contributed by atoms with Gasteiger partial charge in [0.1, 0.15) is 6.33 Å². The van der Waals surface area contributed by atoms with Crippen LogP contribution < -0.4 is 10.5 Å². The number of ether oxygens (including phenoxy) is 1. The third-order valence-corrected chi connectivity index (χ3v) is 3.47. The molecule has 0 aliphatic rings. The lowest BCUT2D eigenvalue weighted by molar-refractivity contribution is 0.395. The van der Waals surface area contributed by atoms with E-state index < -0.39 is 0 Å². The molecule has 0 saturated carbocycles. The number of benzene rings is 1. The van der Waals surface area contributed by atoms with Crippen molar-refractivity contribution in [1.29, 1.82) is 0 Å². The molecule has 0 aliphatic carbocycles. The Morgan fingerprint density at radius 2 is 2.16 bits per heavy atom. The van der Waals surface area contributed by atoms with Gasteiger partial charge in [-0.2, -0.15) is 0 Å². The third-order valence-electron chi connectivity index (χ3n) is 2.96. The molecule has 0 aliphatic heterocycles. The zero-order valence-electron chi connectivity index (χ0n) is 10.9. The number of methoxy groups -OCH3 is 1. The molecule has 100 valence electrons. The van der Waals surface area contributed by atoms with E-state index in [1.807, 2.05) is 25.1 Å². The normalized spacial score (nSPS) is 12.2. The Kier molecular flexibility index (Phi) is 4.35. The Balaban J connectivity index is 2.20. The maximum atomic E-state index is 6.28. The largest absolute Gasteiger partial charge is 0.481 e. The first-order chi connectivity index (χ1) is 9.11. The highest BCUT2D eigenvalue weighted by Crippen LogP contribution is 2.26. The lowest BCUT2D eigenvalue weighted by Crippen LogP contribution is -2.15. The van der Waals surface area contributed by atoms with Crippen LogP contribution in [0.4, 0.5) is 0 Å². The van der Waals surface area contributed by atoms with Crippen molar-refractivity contribution in [2.24, 2.45) is 5.73 Å². The van der Waals surface area contributed by atoms with Crippen molar-refractivity contribution in [3.05, 3.63) is 52.4 Å². The van der Waals surface area contributed by atoms with Crippen LogP contribution in [-0.4, -0.2) is 17.1 Å². The molecule has 0 radical (unpaired) electrons. The lowest BCUT2D eigenvalue weighted by atomic mass is 10.0. The zero-order chi connectivity index (χ0) is 13.8. The first-order valence-corrected chi connectivity index (χ1v) is 6.35. The Labute approximate surface area is 117 Å². The standard InChI is InChI=1S/C14H16ClN3O/c1-9-4-3-5-11(14(9)15)12(16)6-10-7-13(19-2)18-8-17-10/h3-5,7-8,12H,6,16H2,1-2H3. The van der Waals surface area contributed by atoms with Gasteiger partial charge in [-0.1, -0.05) is 29.8 Å². The fourth-order valence-electron chi connectivity index (χ4n) is 1.89. The Morgan fingerprint density at radius 1 is 1.37 bits per heavy atom. The van der Waals surface area contributed by atoms with Crippen LogP contribution >= 0.6 is 11.6 Å². The van der Waals surface area contributed by atoms with Crippen molar-refractivity contribution >= 4 is 11.6 Å². The molecule has 2 N–H and O–H groups in total. The van der Waals surface area contributed by atoms with Crippen molar-refractivity contribution in [2.45, 2.75) is 19.4 Å². The summed E-state index contributed by atoms with van der Waals surface area (Å²) < 4.78 is 5.07. The van der Waals surface area contributed by atoms with Gasteiger partial charge < -0.3 is 10.5 Å². The van der Waals surface area contributed by atoms with Crippen LogP contribution in [0.25, 0.3) is 0 Å². The maximum Gasteiger partial charge on any atom is 0.216 e. The number of hydrogen-bond acceptors (Lipinski definition) is 4. The summed E-state index contributed by atoms with van der Waals surface area (Å²) in [6, 6.07) is 7.44. The molecule has 5 heteroatoms. The van der Waals surface area contributed by atoms with Crippen molar-refractivity contribution < 1.29 is 4.74 Å². The van der Waals surface area contributed by atoms with Gasteiger partial charge in [-0.05, 0) is 18.1 Å². The summed E-state index contributed by atoms with van der Waals surface area (Å²) in [7, 11) is 1.57. The molecule has 1 atom stereocenters. The molecule has 0 saturated heterocycles. The number of nitrogens with zero attached hydrogens (tertiary/aromatic N) is 2. The average Bonchev–Trinajstić information content (AvgIpc) is 2.42. The minimum Gasteiger partial charge on any atom is -0.481 e. The Bertz CT molecular complexity index is 574. The topological polar surface area (TPSA) is 61.0 Å². The molecule has 0 bridgehead atoms. The van der Waals surface area contributed by atoms with Crippen LogP contribution in [0, 0.1) is 6.92 Å². The second-order valence-corrected chi connectivity index (χ2v) is 4.72. The van der Waals surface area contributed by atoms with E-state index >= 15 is 0 Å². The summed E-state index contributed by atoms with van der Waals surface area (Å²) in [5, 5.41) is 0.719. The van der Waals surface area contributed by atoms with Crippen LogP contribution in [0.5, 0.6) is 5.88 Å². The van der Waals surface area contributed by atoms with Gasteiger partial charge in [-0.3, -0.25) is 0 Å². The number of rotatable bonds is 4. The van der Waals surface area contributed by atoms with E-state index in [0.717, 1.165) is 21.8 Å². The molecule has 0 amide bonds. The SMILES string of the molecule is COc1cc(CC(N)c2cccc(C)c2Cl)ncn1. The highest BCUT2D eigenvalue weighted by molar-refractivity contribution is 6.32. The van der Waals surface area contributed by atoms with Crippen LogP contribution in [0.15, 0.2) is 30.6 Å². The highest BCUT2D eigenvalue weighted by atomic mass is 35.5. The van der Waals surface area contributed by atoms with Crippen molar-refractivity contribution in [3.8, 4) is 5.88 Å². The van der Waals surface area contributed by atoms with E-state index in [0.29, 0.717) is 12.3 Å². The Hall–Kier alpha value is -1.65. The first kappa shape index (κ1) is 13.8. The predicted octanol–water partition coefficient (Wildman–Crippen LogP) is 2.69. The molecule has 2 aromatic rings.